The van der Waals surface area contributed by atoms with Gasteiger partial charge in [0.25, 0.3) is 33.4 Å². The Morgan fingerprint density at radius 3 is 0.620 bits per heavy atom. The highest BCUT2D eigenvalue weighted by Crippen LogP contribution is 2.31. The fraction of sp³-hybridized carbons (Fsp3) is 0.0680. The summed E-state index contributed by atoms with van der Waals surface area (Å²) in [5.74, 6) is 3.81. The fourth-order valence-electron chi connectivity index (χ4n) is 12.8. The van der Waals surface area contributed by atoms with E-state index in [0.717, 1.165) is 84.2 Å². The number of anilines is 12. The number of aryl methyl sites for hydroxylation is 5. The van der Waals surface area contributed by atoms with Crippen molar-refractivity contribution in [2.45, 2.75) is 34.6 Å². The largest absolute Gasteiger partial charge is 0.497 e. The van der Waals surface area contributed by atoms with Gasteiger partial charge < -0.3 is 41.4 Å². The van der Waals surface area contributed by atoms with Gasteiger partial charge in [-0.3, -0.25) is 58.7 Å². The Morgan fingerprint density at radius 1 is 0.194 bits per heavy atom. The summed E-state index contributed by atoms with van der Waals surface area (Å²) < 4.78 is 10.6. The van der Waals surface area contributed by atoms with Crippen LogP contribution in [-0.4, -0.2) is 74.0 Å². The third-order valence-electron chi connectivity index (χ3n) is 19.0. The summed E-state index contributed by atoms with van der Waals surface area (Å²) in [6, 6.07) is 111. The van der Waals surface area contributed by atoms with Crippen molar-refractivity contribution in [1.29, 1.82) is 0 Å². The minimum Gasteiger partial charge on any atom is -0.497 e. The first-order valence-electron chi connectivity index (χ1n) is 40.9. The maximum absolute atomic E-state index is 12.1. The molecule has 0 bridgehead atoms. The molecular weight excluding hydrogens is 1620 g/mol. The Labute approximate surface area is 742 Å². The summed E-state index contributed by atoms with van der Waals surface area (Å²) in [6.07, 6.45) is 0. The number of para-hydroxylation sites is 1. The molecule has 0 saturated heterocycles. The van der Waals surface area contributed by atoms with E-state index in [1.54, 1.807) is 32.4 Å². The van der Waals surface area contributed by atoms with E-state index in [9.17, 15) is 28.8 Å². The van der Waals surface area contributed by atoms with Gasteiger partial charge in [0.2, 0.25) is 35.7 Å². The molecule has 26 heteroatoms. The van der Waals surface area contributed by atoms with Crippen LogP contribution >= 0.6 is 0 Å². The second-order valence-electron chi connectivity index (χ2n) is 29.3. The molecule has 12 N–H and O–H groups in total. The molecule has 18 aromatic rings. The van der Waals surface area contributed by atoms with Gasteiger partial charge in [-0.15, -0.1) is 0 Å². The minimum absolute atomic E-state index is 0.181. The zero-order valence-electron chi connectivity index (χ0n) is 71.5. The Bertz CT molecular complexity index is 6810. The van der Waals surface area contributed by atoms with Crippen molar-refractivity contribution in [3.05, 3.63) is 448 Å². The molecular formula is C103H92N18O8. The molecule has 0 aliphatic rings. The molecule has 0 fully saturated rings. The Kier molecular flexibility index (Phi) is 30.7. The molecule has 6 heterocycles. The minimum atomic E-state index is -0.248. The van der Waals surface area contributed by atoms with Crippen molar-refractivity contribution in [2.24, 2.45) is 0 Å². The third kappa shape index (κ3) is 27.7. The normalized spacial score (nSPS) is 10.3. The Hall–Kier alpha value is -17.7. The first-order chi connectivity index (χ1) is 62.7. The first-order valence-corrected chi connectivity index (χ1v) is 40.9. The molecule has 129 heavy (non-hydrogen) atoms. The molecule has 0 aliphatic heterocycles. The molecule has 18 rings (SSSR count). The van der Waals surface area contributed by atoms with Crippen LogP contribution in [-0.2, 0) is 0 Å². The standard InChI is InChI=1S/C19H19N3O3.4C17H15N3O.C16H13N3O/c1-12-5-4-6-14(7-12)20-19-21-17(11-18(23)22-19)13-8-15(24-2)10-16(9-13)25-3;2*1-12-6-5-9-14(10-12)18-17-19-15(11-16(21)20-17)13-7-3-2-4-8-13;2*1-12-7-9-14(10-8-12)18-17-19-15(11-16(21)20-17)13-5-3-2-4-6-13;20-15-11-14(12-7-3-1-4-8-12)18-16(19-15)17-13-9-5-2-6-10-13/h4-11H,1-3H3,(H2,20,21,22,23);4*2-11H,1H3,(H2,18,19,20,21);1-11H,(H2,17,18,19,20). The third-order valence-corrected chi connectivity index (χ3v) is 19.0. The molecule has 26 nitrogen and oxygen atoms in total. The van der Waals surface area contributed by atoms with Crippen LogP contribution in [0.15, 0.2) is 387 Å². The quantitative estimate of drug-likeness (QED) is 0.0337. The number of aromatic nitrogens is 12. The van der Waals surface area contributed by atoms with Crippen molar-refractivity contribution in [2.75, 3.05) is 46.1 Å². The molecule has 0 atom stereocenters. The number of aromatic amines is 6. The van der Waals surface area contributed by atoms with E-state index >= 15 is 0 Å². The van der Waals surface area contributed by atoms with Crippen molar-refractivity contribution < 1.29 is 9.47 Å². The number of H-pyrrole nitrogens is 6. The van der Waals surface area contributed by atoms with Crippen LogP contribution in [0.5, 0.6) is 11.5 Å². The van der Waals surface area contributed by atoms with Crippen molar-refractivity contribution >= 4 is 69.8 Å². The summed E-state index contributed by atoms with van der Waals surface area (Å²) >= 11 is 0. The molecule has 642 valence electrons. The first kappa shape index (κ1) is 89.1. The van der Waals surface area contributed by atoms with Crippen molar-refractivity contribution in [1.82, 2.24) is 59.8 Å². The highest BCUT2D eigenvalue weighted by atomic mass is 16.5. The molecule has 0 aliphatic carbocycles. The van der Waals surface area contributed by atoms with Crippen LogP contribution < -0.4 is 74.7 Å². The van der Waals surface area contributed by atoms with Gasteiger partial charge >= 0.3 is 0 Å². The van der Waals surface area contributed by atoms with E-state index in [2.05, 4.69) is 91.7 Å². The van der Waals surface area contributed by atoms with Crippen LogP contribution in [0.1, 0.15) is 27.8 Å². The summed E-state index contributed by atoms with van der Waals surface area (Å²) in [4.78, 5) is 114. The van der Waals surface area contributed by atoms with Gasteiger partial charge in [-0.05, 0) is 136 Å². The number of nitrogens with zero attached hydrogens (tertiary/aromatic N) is 6. The van der Waals surface area contributed by atoms with E-state index in [1.807, 2.05) is 338 Å². The zero-order chi connectivity index (χ0) is 90.2. The number of hydrogen-bond donors (Lipinski definition) is 12. The fourth-order valence-corrected chi connectivity index (χ4v) is 12.8. The topological polar surface area (TPSA) is 365 Å². The average molecular weight is 1710 g/mol. The van der Waals surface area contributed by atoms with E-state index in [4.69, 9.17) is 9.47 Å². The van der Waals surface area contributed by atoms with Crippen LogP contribution in [0.3, 0.4) is 0 Å². The predicted molar refractivity (Wildman–Crippen MR) is 517 cm³/mol. The van der Waals surface area contributed by atoms with Crippen LogP contribution in [0.2, 0.25) is 0 Å². The number of methoxy groups -OCH3 is 2. The average Bonchev–Trinajstić information content (AvgIpc) is 0.724. The monoisotopic (exact) mass is 1710 g/mol. The van der Waals surface area contributed by atoms with Crippen molar-refractivity contribution in [3.8, 4) is 79.0 Å². The molecule has 12 aromatic carbocycles. The number of nitrogens with one attached hydrogen (secondary N) is 12. The number of hydrogen-bond acceptors (Lipinski definition) is 20. The van der Waals surface area contributed by atoms with Crippen LogP contribution in [0.4, 0.5) is 69.8 Å². The van der Waals surface area contributed by atoms with E-state index < -0.39 is 0 Å². The maximum atomic E-state index is 12.1. The lowest BCUT2D eigenvalue weighted by Gasteiger charge is -2.10. The number of rotatable bonds is 20. The van der Waals surface area contributed by atoms with Gasteiger partial charge in [-0.25, -0.2) is 29.9 Å². The summed E-state index contributed by atoms with van der Waals surface area (Å²) in [5, 5.41) is 18.7. The van der Waals surface area contributed by atoms with Crippen LogP contribution in [0.25, 0.3) is 67.5 Å². The van der Waals surface area contributed by atoms with Crippen LogP contribution in [0, 0.1) is 34.6 Å². The van der Waals surface area contributed by atoms with Gasteiger partial charge in [0.15, 0.2) is 0 Å². The second-order valence-corrected chi connectivity index (χ2v) is 29.3. The van der Waals surface area contributed by atoms with E-state index in [1.165, 1.54) is 47.5 Å². The lowest BCUT2D eigenvalue weighted by molar-refractivity contribution is 0.394. The highest BCUT2D eigenvalue weighted by molar-refractivity contribution is 5.70. The van der Waals surface area contributed by atoms with Gasteiger partial charge in [-0.2, -0.15) is 0 Å². The molecule has 0 amide bonds. The molecule has 0 radical (unpaired) electrons. The van der Waals surface area contributed by atoms with Gasteiger partial charge in [0, 0.05) is 110 Å². The van der Waals surface area contributed by atoms with E-state index in [-0.39, 0.29) is 33.4 Å². The lowest BCUT2D eigenvalue weighted by atomic mass is 10.1. The Morgan fingerprint density at radius 2 is 0.395 bits per heavy atom. The summed E-state index contributed by atoms with van der Waals surface area (Å²) in [6.45, 7) is 10.1. The maximum Gasteiger partial charge on any atom is 0.252 e. The number of benzene rings is 12. The Balaban J connectivity index is 0.000000132. The summed E-state index contributed by atoms with van der Waals surface area (Å²) in [5.41, 5.74) is 18.9. The molecule has 6 aromatic heterocycles. The number of ether oxygens (including phenoxy) is 2. The van der Waals surface area contributed by atoms with Gasteiger partial charge in [0.05, 0.1) is 48.4 Å². The van der Waals surface area contributed by atoms with Crippen molar-refractivity contribution in [3.63, 3.8) is 0 Å². The summed E-state index contributed by atoms with van der Waals surface area (Å²) in [7, 11) is 3.16. The van der Waals surface area contributed by atoms with E-state index in [0.29, 0.717) is 81.4 Å². The second kappa shape index (κ2) is 44.4. The molecule has 0 spiro atoms. The SMILES string of the molecule is COc1cc(OC)cc(-c2cc(=O)[nH]c(Nc3cccc(C)c3)n2)c1.Cc1ccc(Nc2nc(-c3ccccc3)cc(=O)[nH]2)cc1.Cc1ccc(Nc2nc(-c3ccccc3)cc(=O)[nH]2)cc1.Cc1cccc(Nc2nc(-c3ccccc3)cc(=O)[nH]2)c1.Cc1cccc(Nc2nc(-c3ccccc3)cc(=O)[nH]2)c1.O=c1cc(-c2ccccc2)nc(Nc2ccccc2)[nH]1. The molecule has 0 unspecified atom stereocenters. The van der Waals surface area contributed by atoms with Gasteiger partial charge in [-0.1, -0.05) is 242 Å². The van der Waals surface area contributed by atoms with Gasteiger partial charge in [0.1, 0.15) is 11.5 Å². The lowest BCUT2D eigenvalue weighted by Crippen LogP contribution is -2.10. The highest BCUT2D eigenvalue weighted by Gasteiger charge is 2.13. The smallest absolute Gasteiger partial charge is 0.252 e. The predicted octanol–water partition coefficient (Wildman–Crippen LogP) is 20.6. The molecule has 0 saturated carbocycles. The zero-order valence-corrected chi connectivity index (χ0v) is 71.5.